The first-order valence-corrected chi connectivity index (χ1v) is 8.53. The summed E-state index contributed by atoms with van der Waals surface area (Å²) in [4.78, 5) is 14.7. The lowest BCUT2D eigenvalue weighted by Gasteiger charge is -2.35. The van der Waals surface area contributed by atoms with Crippen molar-refractivity contribution in [3.63, 3.8) is 0 Å². The van der Waals surface area contributed by atoms with Crippen molar-refractivity contribution in [3.8, 4) is 6.07 Å². The number of hydrogen-bond donors (Lipinski definition) is 1. The third kappa shape index (κ3) is 4.45. The number of rotatable bonds is 5. The van der Waals surface area contributed by atoms with Gasteiger partial charge in [-0.2, -0.15) is 5.26 Å². The lowest BCUT2D eigenvalue weighted by Crippen LogP contribution is -2.43. The molecule has 1 heterocycles. The van der Waals surface area contributed by atoms with Crippen LogP contribution < -0.4 is 5.32 Å². The smallest absolute Gasteiger partial charge is 0.251 e. The van der Waals surface area contributed by atoms with Crippen molar-refractivity contribution in [2.24, 2.45) is 0 Å². The summed E-state index contributed by atoms with van der Waals surface area (Å²) in [6.07, 6.45) is 0. The van der Waals surface area contributed by atoms with Crippen molar-refractivity contribution < 1.29 is 13.9 Å². The van der Waals surface area contributed by atoms with Crippen molar-refractivity contribution in [2.75, 3.05) is 32.8 Å². The molecule has 0 aromatic heterocycles. The summed E-state index contributed by atoms with van der Waals surface area (Å²) < 4.78 is 18.7. The molecule has 2 aromatic carbocycles. The zero-order valence-corrected chi connectivity index (χ0v) is 14.3. The quantitative estimate of drug-likeness (QED) is 0.897. The molecule has 1 amide bonds. The molecule has 26 heavy (non-hydrogen) atoms. The molecular weight excluding hydrogens is 333 g/mol. The number of nitrogens with one attached hydrogen (secondary N) is 1. The highest BCUT2D eigenvalue weighted by atomic mass is 19.1. The molecule has 3 rings (SSSR count). The van der Waals surface area contributed by atoms with E-state index in [-0.39, 0.29) is 17.8 Å². The van der Waals surface area contributed by atoms with Crippen LogP contribution in [0, 0.1) is 17.1 Å². The van der Waals surface area contributed by atoms with Crippen LogP contribution in [0.25, 0.3) is 0 Å². The number of nitriles is 1. The number of carbonyl (C=O) groups is 1. The van der Waals surface area contributed by atoms with Gasteiger partial charge in [-0.1, -0.05) is 12.1 Å². The second kappa shape index (κ2) is 8.56. The monoisotopic (exact) mass is 353 g/mol. The third-order valence-corrected chi connectivity index (χ3v) is 4.47. The van der Waals surface area contributed by atoms with E-state index >= 15 is 0 Å². The largest absolute Gasteiger partial charge is 0.379 e. The van der Waals surface area contributed by atoms with Gasteiger partial charge in [-0.25, -0.2) is 4.39 Å². The van der Waals surface area contributed by atoms with Crippen molar-refractivity contribution >= 4 is 5.91 Å². The minimum absolute atomic E-state index is 0.0539. The molecule has 0 saturated carbocycles. The molecule has 1 saturated heterocycles. The number of hydrogen-bond acceptors (Lipinski definition) is 4. The molecule has 1 N–H and O–H groups in total. The van der Waals surface area contributed by atoms with E-state index in [4.69, 9.17) is 10.00 Å². The van der Waals surface area contributed by atoms with Crippen molar-refractivity contribution in [3.05, 3.63) is 71.0 Å². The highest BCUT2D eigenvalue weighted by Crippen LogP contribution is 2.22. The summed E-state index contributed by atoms with van der Waals surface area (Å²) >= 11 is 0. The van der Waals surface area contributed by atoms with Crippen LogP contribution in [0.3, 0.4) is 0 Å². The number of carbonyl (C=O) groups excluding carboxylic acids is 1. The maximum atomic E-state index is 13.3. The Balaban J connectivity index is 1.71. The van der Waals surface area contributed by atoms with Gasteiger partial charge in [-0.3, -0.25) is 9.69 Å². The summed E-state index contributed by atoms with van der Waals surface area (Å²) in [5.74, 6) is -0.481. The van der Waals surface area contributed by atoms with Gasteiger partial charge < -0.3 is 10.1 Å². The predicted molar refractivity (Wildman–Crippen MR) is 95.0 cm³/mol. The van der Waals surface area contributed by atoms with Gasteiger partial charge in [-0.05, 0) is 42.0 Å². The van der Waals surface area contributed by atoms with E-state index in [0.29, 0.717) is 30.9 Å². The zero-order chi connectivity index (χ0) is 18.4. The molecule has 1 unspecified atom stereocenters. The second-order valence-corrected chi connectivity index (χ2v) is 6.11. The van der Waals surface area contributed by atoms with E-state index in [1.165, 1.54) is 12.1 Å². The van der Waals surface area contributed by atoms with Crippen LogP contribution in [0.1, 0.15) is 27.5 Å². The van der Waals surface area contributed by atoms with Gasteiger partial charge in [0, 0.05) is 25.2 Å². The first kappa shape index (κ1) is 18.1. The molecule has 2 aromatic rings. The van der Waals surface area contributed by atoms with Crippen LogP contribution in [0.4, 0.5) is 4.39 Å². The van der Waals surface area contributed by atoms with E-state index in [1.54, 1.807) is 36.4 Å². The van der Waals surface area contributed by atoms with E-state index < -0.39 is 0 Å². The molecule has 0 bridgehead atoms. The third-order valence-electron chi connectivity index (χ3n) is 4.47. The van der Waals surface area contributed by atoms with Crippen molar-refractivity contribution in [1.29, 1.82) is 5.26 Å². The fourth-order valence-corrected chi connectivity index (χ4v) is 3.02. The van der Waals surface area contributed by atoms with Crippen LogP contribution >= 0.6 is 0 Å². The molecule has 134 valence electrons. The van der Waals surface area contributed by atoms with Gasteiger partial charge in [0.05, 0.1) is 30.9 Å². The van der Waals surface area contributed by atoms with Crippen LogP contribution in [0.15, 0.2) is 48.5 Å². The van der Waals surface area contributed by atoms with Gasteiger partial charge in [-0.15, -0.1) is 0 Å². The van der Waals surface area contributed by atoms with Gasteiger partial charge in [0.15, 0.2) is 0 Å². The Hall–Kier alpha value is -2.75. The Morgan fingerprint density at radius 1 is 1.15 bits per heavy atom. The minimum atomic E-state index is -0.281. The average Bonchev–Trinajstić information content (AvgIpc) is 2.70. The molecule has 5 nitrogen and oxygen atoms in total. The number of morpholine rings is 1. The molecule has 1 aliphatic heterocycles. The summed E-state index contributed by atoms with van der Waals surface area (Å²) in [6.45, 7) is 3.20. The molecule has 0 aliphatic carbocycles. The summed E-state index contributed by atoms with van der Waals surface area (Å²) in [5.41, 5.74) is 1.97. The fourth-order valence-electron chi connectivity index (χ4n) is 3.02. The lowest BCUT2D eigenvalue weighted by molar-refractivity contribution is 0.0162. The molecule has 1 aliphatic rings. The maximum Gasteiger partial charge on any atom is 0.251 e. The van der Waals surface area contributed by atoms with Crippen LogP contribution in [-0.2, 0) is 4.74 Å². The fraction of sp³-hybridized carbons (Fsp3) is 0.300. The van der Waals surface area contributed by atoms with Crippen LogP contribution in [0.5, 0.6) is 0 Å². The van der Waals surface area contributed by atoms with Crippen LogP contribution in [0.2, 0.25) is 0 Å². The van der Waals surface area contributed by atoms with Crippen LogP contribution in [-0.4, -0.2) is 43.7 Å². The Bertz CT molecular complexity index is 778. The molecular formula is C20H20FN3O2. The normalized spacial score (nSPS) is 15.8. The maximum absolute atomic E-state index is 13.3. The number of halogens is 1. The highest BCUT2D eigenvalue weighted by Gasteiger charge is 2.23. The number of amides is 1. The van der Waals surface area contributed by atoms with Gasteiger partial charge >= 0.3 is 0 Å². The SMILES string of the molecule is N#Cc1ccc(C(=O)NCC(c2ccc(F)cc2)N2CCOCC2)cc1. The Morgan fingerprint density at radius 2 is 1.81 bits per heavy atom. The first-order valence-electron chi connectivity index (χ1n) is 8.53. The van der Waals surface area contributed by atoms with Gasteiger partial charge in [0.2, 0.25) is 0 Å². The topological polar surface area (TPSA) is 65.4 Å². The molecule has 0 spiro atoms. The first-order chi connectivity index (χ1) is 12.7. The van der Waals surface area contributed by atoms with Crippen molar-refractivity contribution in [2.45, 2.75) is 6.04 Å². The van der Waals surface area contributed by atoms with Gasteiger partial charge in [0.1, 0.15) is 5.82 Å². The number of ether oxygens (including phenoxy) is 1. The minimum Gasteiger partial charge on any atom is -0.379 e. The summed E-state index contributed by atoms with van der Waals surface area (Å²) in [6, 6.07) is 14.9. The average molecular weight is 353 g/mol. The predicted octanol–water partition coefficient (Wildman–Crippen LogP) is 2.50. The highest BCUT2D eigenvalue weighted by molar-refractivity contribution is 5.94. The van der Waals surface area contributed by atoms with E-state index in [1.807, 2.05) is 6.07 Å². The Morgan fingerprint density at radius 3 is 2.42 bits per heavy atom. The standard InChI is InChI=1S/C20H20FN3O2/c21-18-7-5-16(6-8-18)19(24-9-11-26-12-10-24)14-23-20(25)17-3-1-15(13-22)2-4-17/h1-8,19H,9-12,14H2,(H,23,25). The summed E-state index contributed by atoms with van der Waals surface area (Å²) in [5, 5.41) is 11.8. The summed E-state index contributed by atoms with van der Waals surface area (Å²) in [7, 11) is 0. The lowest BCUT2D eigenvalue weighted by atomic mass is 10.0. The molecule has 0 radical (unpaired) electrons. The van der Waals surface area contributed by atoms with Crippen molar-refractivity contribution in [1.82, 2.24) is 10.2 Å². The molecule has 1 atom stereocenters. The number of benzene rings is 2. The zero-order valence-electron chi connectivity index (χ0n) is 14.3. The Kier molecular flexibility index (Phi) is 5.95. The van der Waals surface area contributed by atoms with E-state index in [0.717, 1.165) is 18.7 Å². The Labute approximate surface area is 152 Å². The molecule has 6 heteroatoms. The van der Waals surface area contributed by atoms with E-state index in [9.17, 15) is 9.18 Å². The van der Waals surface area contributed by atoms with E-state index in [2.05, 4.69) is 10.2 Å². The number of nitrogens with zero attached hydrogens (tertiary/aromatic N) is 2. The van der Waals surface area contributed by atoms with Gasteiger partial charge in [0.25, 0.3) is 5.91 Å². The second-order valence-electron chi connectivity index (χ2n) is 6.11. The molecule has 1 fully saturated rings.